The van der Waals surface area contributed by atoms with Gasteiger partial charge in [-0.25, -0.2) is 15.0 Å². The van der Waals surface area contributed by atoms with E-state index in [1.165, 1.54) is 7.11 Å². The summed E-state index contributed by atoms with van der Waals surface area (Å²) in [5, 5.41) is 9.83. The number of carboxylic acid groups (broad SMARTS) is 1. The van der Waals surface area contributed by atoms with Crippen molar-refractivity contribution in [1.29, 1.82) is 0 Å². The van der Waals surface area contributed by atoms with Crippen LogP contribution in [-0.4, -0.2) is 29.1 Å². The van der Waals surface area contributed by atoms with E-state index in [1.807, 2.05) is 0 Å². The predicted molar refractivity (Wildman–Crippen MR) is 108 cm³/mol. The maximum absolute atomic E-state index is 12.7. The second-order valence-corrected chi connectivity index (χ2v) is 6.69. The maximum atomic E-state index is 12.7. The van der Waals surface area contributed by atoms with E-state index in [2.05, 4.69) is 14.9 Å². The molecule has 2 aromatic carbocycles. The summed E-state index contributed by atoms with van der Waals surface area (Å²) >= 11 is 12.3. The van der Waals surface area contributed by atoms with Crippen molar-refractivity contribution < 1.29 is 24.2 Å². The molecule has 2 N–H and O–H groups in total. The molecule has 0 fully saturated rings. The first kappa shape index (κ1) is 20.5. The fraction of sp³-hybridized carbons (Fsp3) is 0.105. The van der Waals surface area contributed by atoms with Crippen molar-refractivity contribution in [2.24, 2.45) is 0 Å². The fourth-order valence-corrected chi connectivity index (χ4v) is 3.16. The van der Waals surface area contributed by atoms with Crippen molar-refractivity contribution in [1.82, 2.24) is 4.68 Å². The first-order valence-corrected chi connectivity index (χ1v) is 8.92. The van der Waals surface area contributed by atoms with E-state index in [0.29, 0.717) is 22.0 Å². The molecular formula is C19H14Cl2N2O6. The predicted octanol–water partition coefficient (Wildman–Crippen LogP) is 4.27. The Morgan fingerprint density at radius 2 is 1.97 bits per heavy atom. The van der Waals surface area contributed by atoms with Gasteiger partial charge in [-0.2, -0.15) is 0 Å². The number of hydrogen-bond acceptors (Lipinski definition) is 5. The third-order valence-electron chi connectivity index (χ3n) is 4.06. The zero-order valence-electron chi connectivity index (χ0n) is 14.9. The largest absolute Gasteiger partial charge is 0.511 e. The first-order valence-electron chi connectivity index (χ1n) is 8.17. The molecular weight excluding hydrogens is 423 g/mol. The lowest BCUT2D eigenvalue weighted by Crippen LogP contribution is -2.26. The highest BCUT2D eigenvalue weighted by Gasteiger charge is 2.15. The van der Waals surface area contributed by atoms with Crippen LogP contribution in [0.5, 0.6) is 5.75 Å². The third kappa shape index (κ3) is 4.44. The molecule has 3 aromatic rings. The van der Waals surface area contributed by atoms with Crippen LogP contribution in [0.3, 0.4) is 0 Å². The summed E-state index contributed by atoms with van der Waals surface area (Å²) in [5.74, 6) is -0.473. The van der Waals surface area contributed by atoms with E-state index in [0.717, 1.165) is 22.0 Å². The van der Waals surface area contributed by atoms with Gasteiger partial charge < -0.3 is 14.6 Å². The molecule has 1 amide bonds. The van der Waals surface area contributed by atoms with Gasteiger partial charge in [0.2, 0.25) is 11.2 Å². The number of nitrogens with one attached hydrogen (secondary N) is 1. The van der Waals surface area contributed by atoms with E-state index < -0.39 is 23.4 Å². The molecule has 10 heteroatoms. The van der Waals surface area contributed by atoms with Crippen LogP contribution in [0.4, 0.5) is 9.59 Å². The summed E-state index contributed by atoms with van der Waals surface area (Å²) in [6.45, 7) is 0. The van der Waals surface area contributed by atoms with Crippen molar-refractivity contribution in [2.75, 3.05) is 12.5 Å². The van der Waals surface area contributed by atoms with Gasteiger partial charge in [-0.15, -0.1) is 0 Å². The lowest BCUT2D eigenvalue weighted by molar-refractivity contribution is 0.144. The molecule has 0 bridgehead atoms. The number of hydrogen-bond donors (Lipinski definition) is 2. The molecule has 150 valence electrons. The molecule has 0 aliphatic rings. The van der Waals surface area contributed by atoms with Crippen LogP contribution in [0.2, 0.25) is 10.0 Å². The Morgan fingerprint density at radius 1 is 1.21 bits per heavy atom. The average molecular weight is 437 g/mol. The van der Waals surface area contributed by atoms with E-state index in [9.17, 15) is 14.4 Å². The Balaban J connectivity index is 2.13. The summed E-state index contributed by atoms with van der Waals surface area (Å²) in [7, 11) is 1.17. The van der Waals surface area contributed by atoms with Gasteiger partial charge in [0.15, 0.2) is 0 Å². The van der Waals surface area contributed by atoms with E-state index in [1.54, 1.807) is 36.4 Å². The number of amides is 1. The molecule has 8 nitrogen and oxygen atoms in total. The summed E-state index contributed by atoms with van der Waals surface area (Å²) in [4.78, 5) is 35.2. The van der Waals surface area contributed by atoms with Crippen LogP contribution in [0, 0.1) is 0 Å². The van der Waals surface area contributed by atoms with Gasteiger partial charge >= 0.3 is 12.2 Å². The summed E-state index contributed by atoms with van der Waals surface area (Å²) in [6.07, 6.45) is -1.04. The fourth-order valence-electron chi connectivity index (χ4n) is 2.77. The summed E-state index contributed by atoms with van der Waals surface area (Å²) < 4.78 is 10.3. The minimum atomic E-state index is -1.66. The molecule has 29 heavy (non-hydrogen) atoms. The van der Waals surface area contributed by atoms with Crippen LogP contribution in [-0.2, 0) is 11.2 Å². The van der Waals surface area contributed by atoms with Gasteiger partial charge in [0.1, 0.15) is 0 Å². The van der Waals surface area contributed by atoms with E-state index in [4.69, 9.17) is 28.3 Å². The number of fused-ring (bicyclic) bond motifs is 1. The lowest BCUT2D eigenvalue weighted by Gasteiger charge is -2.14. The molecule has 0 aliphatic heterocycles. The second kappa shape index (κ2) is 8.42. The number of methoxy groups -OCH3 is 1. The van der Waals surface area contributed by atoms with Crippen LogP contribution >= 0.6 is 23.2 Å². The molecule has 1 aromatic heterocycles. The molecule has 0 radical (unpaired) electrons. The number of rotatable bonds is 4. The number of benzene rings is 2. The SMILES string of the molecule is COC(=O)Nn1cc(OC(=O)O)c(=O)c2cc(Cc3cccc(Cl)c3Cl)ccc21. The van der Waals surface area contributed by atoms with Crippen molar-refractivity contribution in [3.63, 3.8) is 0 Å². The highest BCUT2D eigenvalue weighted by Crippen LogP contribution is 2.28. The number of ether oxygens (including phenoxy) is 2. The van der Waals surface area contributed by atoms with E-state index >= 15 is 0 Å². The maximum Gasteiger partial charge on any atom is 0.511 e. The van der Waals surface area contributed by atoms with Gasteiger partial charge in [-0.05, 0) is 35.7 Å². The van der Waals surface area contributed by atoms with Gasteiger partial charge in [0.05, 0.1) is 34.3 Å². The molecule has 3 rings (SSSR count). The normalized spacial score (nSPS) is 10.6. The number of carbonyl (C=O) groups is 2. The van der Waals surface area contributed by atoms with Crippen LogP contribution in [0.25, 0.3) is 10.9 Å². The van der Waals surface area contributed by atoms with Crippen molar-refractivity contribution in [3.05, 3.63) is 74.0 Å². The Kier molecular flexibility index (Phi) is 5.95. The number of pyridine rings is 1. The number of nitrogens with zero attached hydrogens (tertiary/aromatic N) is 1. The van der Waals surface area contributed by atoms with Crippen LogP contribution in [0.15, 0.2) is 47.4 Å². The van der Waals surface area contributed by atoms with Crippen molar-refractivity contribution in [2.45, 2.75) is 6.42 Å². The number of aromatic nitrogens is 1. The first-order chi connectivity index (χ1) is 13.8. The molecule has 1 heterocycles. The quantitative estimate of drug-likeness (QED) is 0.591. The Morgan fingerprint density at radius 3 is 2.66 bits per heavy atom. The minimum absolute atomic E-state index is 0.135. The van der Waals surface area contributed by atoms with Crippen molar-refractivity contribution in [3.8, 4) is 5.75 Å². The zero-order chi connectivity index (χ0) is 21.1. The third-order valence-corrected chi connectivity index (χ3v) is 4.91. The van der Waals surface area contributed by atoms with Crippen LogP contribution in [0.1, 0.15) is 11.1 Å². The standard InChI is InChI=1S/C19H14Cl2N2O6/c1-28-18(25)22-23-9-15(29-19(26)27)17(24)12-8-10(5-6-14(12)23)7-11-3-2-4-13(20)16(11)21/h2-6,8-9H,7H2,1H3,(H,22,25)(H,26,27). The van der Waals surface area contributed by atoms with Gasteiger partial charge in [0.25, 0.3) is 0 Å². The molecule has 0 saturated carbocycles. The van der Waals surface area contributed by atoms with Crippen LogP contribution < -0.4 is 15.6 Å². The van der Waals surface area contributed by atoms with Gasteiger partial charge in [0, 0.05) is 0 Å². The average Bonchev–Trinajstić information content (AvgIpc) is 2.68. The smallest absolute Gasteiger partial charge is 0.452 e. The molecule has 0 atom stereocenters. The van der Waals surface area contributed by atoms with Crippen molar-refractivity contribution >= 4 is 46.4 Å². The highest BCUT2D eigenvalue weighted by atomic mass is 35.5. The monoisotopic (exact) mass is 436 g/mol. The Bertz CT molecular complexity index is 1180. The Labute approximate surface area is 174 Å². The summed E-state index contributed by atoms with van der Waals surface area (Å²) in [6, 6.07) is 10.1. The highest BCUT2D eigenvalue weighted by molar-refractivity contribution is 6.42. The lowest BCUT2D eigenvalue weighted by atomic mass is 10.0. The zero-order valence-corrected chi connectivity index (χ0v) is 16.5. The number of carbonyl (C=O) groups excluding carboxylic acids is 1. The summed E-state index contributed by atoms with van der Waals surface area (Å²) in [5.41, 5.74) is 3.51. The molecule has 0 saturated heterocycles. The molecule has 0 aliphatic carbocycles. The topological polar surface area (TPSA) is 107 Å². The second-order valence-electron chi connectivity index (χ2n) is 5.91. The van der Waals surface area contributed by atoms with Gasteiger partial charge in [-0.3, -0.25) is 9.47 Å². The number of halogens is 2. The Hall–Kier alpha value is -3.23. The molecule has 0 spiro atoms. The molecule has 0 unspecified atom stereocenters. The minimum Gasteiger partial charge on any atom is -0.452 e. The van der Waals surface area contributed by atoms with E-state index in [-0.39, 0.29) is 5.39 Å². The van der Waals surface area contributed by atoms with Gasteiger partial charge in [-0.1, -0.05) is 41.4 Å².